The van der Waals surface area contributed by atoms with E-state index in [1.54, 1.807) is 6.08 Å². The summed E-state index contributed by atoms with van der Waals surface area (Å²) in [5.74, 6) is 1.54. The number of ether oxygens (including phenoxy) is 1. The van der Waals surface area contributed by atoms with Crippen molar-refractivity contribution < 1.29 is 9.84 Å². The minimum Gasteiger partial charge on any atom is -0.462 e. The molecule has 0 aliphatic heterocycles. The van der Waals surface area contributed by atoms with Gasteiger partial charge in [-0.2, -0.15) is 0 Å². The smallest absolute Gasteiger partial charge is 0.126 e. The normalized spacial score (nSPS) is 15.5. The molecule has 2 unspecified atom stereocenters. The van der Waals surface area contributed by atoms with E-state index in [1.165, 1.54) is 5.56 Å². The maximum absolute atomic E-state index is 10.8. The Morgan fingerprint density at radius 3 is 2.28 bits per heavy atom. The Morgan fingerprint density at radius 2 is 1.72 bits per heavy atom. The highest BCUT2D eigenvalue weighted by Gasteiger charge is 2.23. The summed E-state index contributed by atoms with van der Waals surface area (Å²) in [6, 6.07) is 18.0. The van der Waals surface area contributed by atoms with Gasteiger partial charge in [-0.1, -0.05) is 88.4 Å². The van der Waals surface area contributed by atoms with Crippen molar-refractivity contribution in [1.29, 1.82) is 0 Å². The van der Waals surface area contributed by atoms with Crippen molar-refractivity contribution in [2.24, 2.45) is 0 Å². The standard InChI is InChI=1S/C27H34O2/c1-6-20-27(5,8-3)24-18-16-23(17-19-24)26(28)22(7-2)15-14-21(4)29-25-12-10-9-11-13-25/h7,9-19,26,28H,2,6,8,20H2,1,3-5H3/b21-14+,22-15+. The van der Waals surface area contributed by atoms with Gasteiger partial charge in [-0.05, 0) is 60.1 Å². The first kappa shape index (κ1) is 22.7. The molecule has 1 N–H and O–H groups in total. The molecule has 2 nitrogen and oxygen atoms in total. The van der Waals surface area contributed by atoms with Crippen LogP contribution in [0.1, 0.15) is 64.2 Å². The molecule has 0 aromatic heterocycles. The van der Waals surface area contributed by atoms with Gasteiger partial charge in [0.1, 0.15) is 17.6 Å². The van der Waals surface area contributed by atoms with E-state index < -0.39 is 6.10 Å². The van der Waals surface area contributed by atoms with Crippen molar-refractivity contribution in [1.82, 2.24) is 0 Å². The van der Waals surface area contributed by atoms with Gasteiger partial charge in [-0.25, -0.2) is 0 Å². The van der Waals surface area contributed by atoms with Gasteiger partial charge in [0.15, 0.2) is 0 Å². The van der Waals surface area contributed by atoms with Crippen molar-refractivity contribution in [3.05, 3.63) is 102 Å². The van der Waals surface area contributed by atoms with Gasteiger partial charge in [-0.15, -0.1) is 0 Å². The first-order valence-electron chi connectivity index (χ1n) is 10.5. The third-order valence-corrected chi connectivity index (χ3v) is 5.59. The highest BCUT2D eigenvalue weighted by molar-refractivity contribution is 5.37. The Labute approximate surface area is 176 Å². The Hall–Kier alpha value is -2.58. The first-order chi connectivity index (χ1) is 13.9. The van der Waals surface area contributed by atoms with Crippen molar-refractivity contribution in [3.8, 4) is 5.75 Å². The number of rotatable bonds is 10. The summed E-state index contributed by atoms with van der Waals surface area (Å²) in [5, 5.41) is 10.8. The predicted molar refractivity (Wildman–Crippen MR) is 123 cm³/mol. The first-order valence-corrected chi connectivity index (χ1v) is 10.5. The van der Waals surface area contributed by atoms with Crippen LogP contribution in [0.15, 0.2) is 90.7 Å². The number of hydrogen-bond donors (Lipinski definition) is 1. The molecule has 0 saturated carbocycles. The van der Waals surface area contributed by atoms with Gasteiger partial charge < -0.3 is 9.84 Å². The molecule has 0 aliphatic rings. The Morgan fingerprint density at radius 1 is 1.07 bits per heavy atom. The summed E-state index contributed by atoms with van der Waals surface area (Å²) >= 11 is 0. The van der Waals surface area contributed by atoms with Gasteiger partial charge in [0.05, 0.1) is 0 Å². The van der Waals surface area contributed by atoms with Crippen LogP contribution >= 0.6 is 0 Å². The number of allylic oxidation sites excluding steroid dienone is 3. The average molecular weight is 391 g/mol. The van der Waals surface area contributed by atoms with Crippen molar-refractivity contribution in [2.75, 3.05) is 0 Å². The molecular formula is C27H34O2. The monoisotopic (exact) mass is 390 g/mol. The Kier molecular flexibility index (Phi) is 8.48. The van der Waals surface area contributed by atoms with Gasteiger partial charge in [-0.3, -0.25) is 0 Å². The lowest BCUT2D eigenvalue weighted by atomic mass is 9.76. The van der Waals surface area contributed by atoms with Crippen LogP contribution in [-0.2, 0) is 5.41 Å². The summed E-state index contributed by atoms with van der Waals surface area (Å²) in [6.45, 7) is 12.5. The van der Waals surface area contributed by atoms with Gasteiger partial charge in [0.25, 0.3) is 0 Å². The SMILES string of the molecule is C=C/C(=C\C=C(/C)Oc1ccccc1)C(O)c1ccc(C(C)(CC)CCC)cc1. The molecule has 154 valence electrons. The fourth-order valence-electron chi connectivity index (χ4n) is 3.53. The van der Waals surface area contributed by atoms with E-state index in [0.29, 0.717) is 0 Å². The number of aliphatic hydroxyl groups is 1. The molecule has 0 amide bonds. The summed E-state index contributed by atoms with van der Waals surface area (Å²) in [4.78, 5) is 0. The van der Waals surface area contributed by atoms with Gasteiger partial charge >= 0.3 is 0 Å². The third-order valence-electron chi connectivity index (χ3n) is 5.59. The molecule has 0 fully saturated rings. The zero-order valence-electron chi connectivity index (χ0n) is 18.2. The lowest BCUT2D eigenvalue weighted by molar-refractivity contribution is 0.219. The second kappa shape index (κ2) is 10.8. The lowest BCUT2D eigenvalue weighted by Crippen LogP contribution is -2.20. The quantitative estimate of drug-likeness (QED) is 0.341. The van der Waals surface area contributed by atoms with Crippen molar-refractivity contribution in [3.63, 3.8) is 0 Å². The number of aliphatic hydroxyl groups excluding tert-OH is 1. The second-order valence-electron chi connectivity index (χ2n) is 7.75. The molecule has 0 bridgehead atoms. The van der Waals surface area contributed by atoms with E-state index in [0.717, 1.165) is 41.9 Å². The van der Waals surface area contributed by atoms with Gasteiger partial charge in [0, 0.05) is 0 Å². The van der Waals surface area contributed by atoms with E-state index in [1.807, 2.05) is 61.5 Å². The summed E-state index contributed by atoms with van der Waals surface area (Å²) in [5.41, 5.74) is 3.11. The van der Waals surface area contributed by atoms with Crippen LogP contribution in [0, 0.1) is 0 Å². The number of para-hydroxylation sites is 1. The maximum Gasteiger partial charge on any atom is 0.126 e. The molecule has 2 rings (SSSR count). The highest BCUT2D eigenvalue weighted by atomic mass is 16.5. The Balaban J connectivity index is 2.15. The average Bonchev–Trinajstić information content (AvgIpc) is 2.75. The maximum atomic E-state index is 10.8. The second-order valence-corrected chi connectivity index (χ2v) is 7.75. The summed E-state index contributed by atoms with van der Waals surface area (Å²) < 4.78 is 5.78. The molecular weight excluding hydrogens is 356 g/mol. The van der Waals surface area contributed by atoms with Crippen LogP contribution in [0.4, 0.5) is 0 Å². The molecule has 2 aromatic carbocycles. The van der Waals surface area contributed by atoms with Crippen LogP contribution in [-0.4, -0.2) is 5.11 Å². The minimum atomic E-state index is -0.721. The summed E-state index contributed by atoms with van der Waals surface area (Å²) in [6.07, 6.45) is 8.11. The molecule has 2 heteroatoms. The zero-order valence-corrected chi connectivity index (χ0v) is 18.2. The largest absolute Gasteiger partial charge is 0.462 e. The van der Waals surface area contributed by atoms with E-state index in [2.05, 4.69) is 39.5 Å². The molecule has 2 atom stereocenters. The Bertz CT molecular complexity index is 831. The van der Waals surface area contributed by atoms with Crippen LogP contribution in [0.3, 0.4) is 0 Å². The van der Waals surface area contributed by atoms with E-state index in [-0.39, 0.29) is 5.41 Å². The molecule has 0 radical (unpaired) electrons. The molecule has 0 aliphatic carbocycles. The third kappa shape index (κ3) is 6.20. The molecule has 0 spiro atoms. The van der Waals surface area contributed by atoms with Crippen LogP contribution < -0.4 is 4.74 Å². The van der Waals surface area contributed by atoms with E-state index in [9.17, 15) is 5.11 Å². The highest BCUT2D eigenvalue weighted by Crippen LogP contribution is 2.33. The molecule has 29 heavy (non-hydrogen) atoms. The van der Waals surface area contributed by atoms with Gasteiger partial charge in [0.2, 0.25) is 0 Å². The molecule has 0 heterocycles. The van der Waals surface area contributed by atoms with Crippen molar-refractivity contribution in [2.45, 2.75) is 58.5 Å². The lowest BCUT2D eigenvalue weighted by Gasteiger charge is -2.29. The molecule has 2 aromatic rings. The van der Waals surface area contributed by atoms with Crippen LogP contribution in [0.2, 0.25) is 0 Å². The fourth-order valence-corrected chi connectivity index (χ4v) is 3.53. The van der Waals surface area contributed by atoms with Crippen LogP contribution in [0.25, 0.3) is 0 Å². The topological polar surface area (TPSA) is 29.5 Å². The predicted octanol–water partition coefficient (Wildman–Crippen LogP) is 7.28. The van der Waals surface area contributed by atoms with Crippen LogP contribution in [0.5, 0.6) is 5.75 Å². The zero-order chi connectivity index (χ0) is 21.3. The molecule has 0 saturated heterocycles. The van der Waals surface area contributed by atoms with E-state index >= 15 is 0 Å². The number of hydrogen-bond acceptors (Lipinski definition) is 2. The minimum absolute atomic E-state index is 0.184. The van der Waals surface area contributed by atoms with E-state index in [4.69, 9.17) is 4.74 Å². The fraction of sp³-hybridized carbons (Fsp3) is 0.333. The number of benzene rings is 2. The van der Waals surface area contributed by atoms with Crippen molar-refractivity contribution >= 4 is 0 Å². The summed E-state index contributed by atoms with van der Waals surface area (Å²) in [7, 11) is 0.